The van der Waals surface area contributed by atoms with Crippen molar-refractivity contribution in [3.05, 3.63) is 11.4 Å². The van der Waals surface area contributed by atoms with E-state index >= 15 is 0 Å². The van der Waals surface area contributed by atoms with Crippen molar-refractivity contribution in [1.82, 2.24) is 9.97 Å². The molecule has 0 atom stereocenters. The van der Waals surface area contributed by atoms with Crippen LogP contribution in [0.25, 0.3) is 0 Å². The average molecular weight is 278 g/mol. The van der Waals surface area contributed by atoms with Crippen LogP contribution < -0.4 is 9.80 Å². The van der Waals surface area contributed by atoms with E-state index in [1.54, 1.807) is 9.80 Å². The lowest BCUT2D eigenvalue weighted by molar-refractivity contribution is 0.0671. The van der Waals surface area contributed by atoms with Crippen LogP contribution in [-0.2, 0) is 0 Å². The minimum absolute atomic E-state index is 0.158. The fourth-order valence-electron chi connectivity index (χ4n) is 2.20. The van der Waals surface area contributed by atoms with Crippen molar-refractivity contribution in [2.24, 2.45) is 0 Å². The number of aromatic nitrogens is 2. The summed E-state index contributed by atoms with van der Waals surface area (Å²) in [6.07, 6.45) is 1.88. The van der Waals surface area contributed by atoms with Gasteiger partial charge in [0.05, 0.1) is 0 Å². The van der Waals surface area contributed by atoms with E-state index < -0.39 is 11.9 Å². The maximum Gasteiger partial charge on any atom is 0.358 e. The number of hydrogen-bond acceptors (Lipinski definition) is 6. The highest BCUT2D eigenvalue weighted by Crippen LogP contribution is 2.28. The Kier molecular flexibility index (Phi) is 2.92. The molecule has 0 aromatic carbocycles. The van der Waals surface area contributed by atoms with Crippen molar-refractivity contribution < 1.29 is 19.8 Å². The van der Waals surface area contributed by atoms with Crippen LogP contribution >= 0.6 is 0 Å². The number of hydrogen-bond donors (Lipinski definition) is 2. The number of carboxylic acid groups (broad SMARTS) is 2. The molecule has 2 aliphatic heterocycles. The van der Waals surface area contributed by atoms with Crippen molar-refractivity contribution >= 4 is 23.6 Å². The summed E-state index contributed by atoms with van der Waals surface area (Å²) in [5, 5.41) is 18.5. The molecule has 0 spiro atoms. The Labute approximate surface area is 114 Å². The zero-order valence-corrected chi connectivity index (χ0v) is 10.7. The highest BCUT2D eigenvalue weighted by atomic mass is 16.4. The Bertz CT molecular complexity index is 529. The SMILES string of the molecule is O=C(O)c1nc(N2CCC2)c(C(=O)O)nc1N1CCC1. The van der Waals surface area contributed by atoms with Gasteiger partial charge in [-0.2, -0.15) is 0 Å². The molecule has 3 rings (SSSR count). The molecule has 3 heterocycles. The Balaban J connectivity index is 2.11. The first-order chi connectivity index (χ1) is 9.58. The highest BCUT2D eigenvalue weighted by molar-refractivity contribution is 5.96. The molecule has 0 bridgehead atoms. The first-order valence-corrected chi connectivity index (χ1v) is 6.46. The van der Waals surface area contributed by atoms with Crippen LogP contribution in [0, 0.1) is 0 Å². The molecular weight excluding hydrogens is 264 g/mol. The molecule has 0 unspecified atom stereocenters. The lowest BCUT2D eigenvalue weighted by Gasteiger charge is -2.35. The van der Waals surface area contributed by atoms with Gasteiger partial charge in [-0.1, -0.05) is 0 Å². The van der Waals surface area contributed by atoms with Gasteiger partial charge >= 0.3 is 11.9 Å². The van der Waals surface area contributed by atoms with E-state index in [4.69, 9.17) is 0 Å². The van der Waals surface area contributed by atoms with Crippen LogP contribution in [0.1, 0.15) is 33.8 Å². The number of carbonyl (C=O) groups is 2. The van der Waals surface area contributed by atoms with Gasteiger partial charge in [-0.15, -0.1) is 0 Å². The lowest BCUT2D eigenvalue weighted by atomic mass is 10.2. The second-order valence-electron chi connectivity index (χ2n) is 4.86. The van der Waals surface area contributed by atoms with E-state index in [1.165, 1.54) is 0 Å². The van der Waals surface area contributed by atoms with Crippen molar-refractivity contribution in [2.75, 3.05) is 36.0 Å². The molecule has 106 valence electrons. The maximum atomic E-state index is 11.3. The quantitative estimate of drug-likeness (QED) is 0.809. The Hall–Kier alpha value is -2.38. The van der Waals surface area contributed by atoms with Gasteiger partial charge in [0.15, 0.2) is 23.0 Å². The third-order valence-corrected chi connectivity index (χ3v) is 3.58. The molecule has 1 aromatic heterocycles. The first-order valence-electron chi connectivity index (χ1n) is 6.46. The predicted molar refractivity (Wildman–Crippen MR) is 69.6 cm³/mol. The average Bonchev–Trinajstić information content (AvgIpc) is 2.25. The van der Waals surface area contributed by atoms with Gasteiger partial charge in [-0.05, 0) is 12.8 Å². The standard InChI is InChI=1S/C12H14N4O4/c17-11(18)7-9(15-3-1-4-15)13-8(12(19)20)10(14-7)16-5-2-6-16/h1-6H2,(H,17,18)(H,19,20). The molecule has 2 saturated heterocycles. The summed E-state index contributed by atoms with van der Waals surface area (Å²) >= 11 is 0. The molecule has 20 heavy (non-hydrogen) atoms. The van der Waals surface area contributed by atoms with Crippen molar-refractivity contribution in [2.45, 2.75) is 12.8 Å². The van der Waals surface area contributed by atoms with E-state index in [0.717, 1.165) is 12.8 Å². The van der Waals surface area contributed by atoms with Gasteiger partial charge in [0.25, 0.3) is 0 Å². The maximum absolute atomic E-state index is 11.3. The normalized spacial score (nSPS) is 17.4. The Morgan fingerprint density at radius 3 is 1.35 bits per heavy atom. The van der Waals surface area contributed by atoms with E-state index in [0.29, 0.717) is 26.2 Å². The molecule has 8 heteroatoms. The summed E-state index contributed by atoms with van der Waals surface area (Å²) in [7, 11) is 0. The number of carboxylic acids is 2. The van der Waals surface area contributed by atoms with Gasteiger partial charge in [0.2, 0.25) is 0 Å². The van der Waals surface area contributed by atoms with Gasteiger partial charge in [0, 0.05) is 26.2 Å². The molecule has 0 aliphatic carbocycles. The van der Waals surface area contributed by atoms with E-state index in [9.17, 15) is 19.8 Å². The summed E-state index contributed by atoms with van der Waals surface area (Å²) in [5.41, 5.74) is -0.340. The minimum atomic E-state index is -1.18. The molecule has 8 nitrogen and oxygen atoms in total. The monoisotopic (exact) mass is 278 g/mol. The molecular formula is C12H14N4O4. The number of rotatable bonds is 4. The first kappa shape index (κ1) is 12.6. The van der Waals surface area contributed by atoms with E-state index in [1.807, 2.05) is 0 Å². The minimum Gasteiger partial charge on any atom is -0.476 e. The van der Waals surface area contributed by atoms with Crippen LogP contribution in [0.2, 0.25) is 0 Å². The second-order valence-corrected chi connectivity index (χ2v) is 4.86. The zero-order valence-electron chi connectivity index (χ0n) is 10.7. The van der Waals surface area contributed by atoms with Gasteiger partial charge in [-0.3, -0.25) is 0 Å². The summed E-state index contributed by atoms with van der Waals surface area (Å²) in [4.78, 5) is 34.3. The molecule has 2 N–H and O–H groups in total. The Morgan fingerprint density at radius 2 is 1.15 bits per heavy atom. The van der Waals surface area contributed by atoms with Crippen molar-refractivity contribution in [1.29, 1.82) is 0 Å². The van der Waals surface area contributed by atoms with Crippen LogP contribution in [0.15, 0.2) is 0 Å². The topological polar surface area (TPSA) is 107 Å². The fourth-order valence-corrected chi connectivity index (χ4v) is 2.20. The molecule has 0 saturated carbocycles. The predicted octanol–water partition coefficient (Wildman–Crippen LogP) is 0.293. The van der Waals surface area contributed by atoms with Gasteiger partial charge < -0.3 is 20.0 Å². The third kappa shape index (κ3) is 1.93. The summed E-state index contributed by atoms with van der Waals surface area (Å²) in [6, 6.07) is 0. The third-order valence-electron chi connectivity index (χ3n) is 3.58. The molecule has 2 aliphatic rings. The summed E-state index contributed by atoms with van der Waals surface area (Å²) in [6.45, 7) is 2.71. The highest BCUT2D eigenvalue weighted by Gasteiger charge is 2.31. The van der Waals surface area contributed by atoms with Crippen molar-refractivity contribution in [3.63, 3.8) is 0 Å². The number of aromatic carboxylic acids is 2. The second kappa shape index (κ2) is 4.62. The summed E-state index contributed by atoms with van der Waals surface area (Å²) < 4.78 is 0. The number of nitrogens with zero attached hydrogens (tertiary/aromatic N) is 4. The summed E-state index contributed by atoms with van der Waals surface area (Å²) in [5.74, 6) is -2.05. The van der Waals surface area contributed by atoms with Crippen LogP contribution in [0.5, 0.6) is 0 Å². The van der Waals surface area contributed by atoms with Gasteiger partial charge in [-0.25, -0.2) is 19.6 Å². The van der Waals surface area contributed by atoms with E-state index in [2.05, 4.69) is 9.97 Å². The smallest absolute Gasteiger partial charge is 0.358 e. The molecule has 1 aromatic rings. The lowest BCUT2D eigenvalue weighted by Crippen LogP contribution is -2.42. The largest absolute Gasteiger partial charge is 0.476 e. The van der Waals surface area contributed by atoms with E-state index in [-0.39, 0.29) is 23.0 Å². The molecule has 0 radical (unpaired) electrons. The number of anilines is 2. The molecule has 2 fully saturated rings. The Morgan fingerprint density at radius 1 is 0.800 bits per heavy atom. The van der Waals surface area contributed by atoms with Gasteiger partial charge in [0.1, 0.15) is 0 Å². The molecule has 0 amide bonds. The van der Waals surface area contributed by atoms with Crippen LogP contribution in [-0.4, -0.2) is 58.3 Å². The van der Waals surface area contributed by atoms with Crippen LogP contribution in [0.3, 0.4) is 0 Å². The van der Waals surface area contributed by atoms with Crippen molar-refractivity contribution in [3.8, 4) is 0 Å². The van der Waals surface area contributed by atoms with Crippen LogP contribution in [0.4, 0.5) is 11.6 Å². The fraction of sp³-hybridized carbons (Fsp3) is 0.500. The zero-order chi connectivity index (χ0) is 14.3.